The quantitative estimate of drug-likeness (QED) is 0.889. The highest BCUT2D eigenvalue weighted by Gasteiger charge is 2.31. The number of nitrogens with one attached hydrogen (secondary N) is 1. The van der Waals surface area contributed by atoms with Gasteiger partial charge in [0.1, 0.15) is 0 Å². The zero-order valence-corrected chi connectivity index (χ0v) is 10.5. The summed E-state index contributed by atoms with van der Waals surface area (Å²) in [6, 6.07) is 5.97. The van der Waals surface area contributed by atoms with E-state index in [0.717, 1.165) is 11.1 Å². The predicted octanol–water partition coefficient (Wildman–Crippen LogP) is 1.88. The molecular formula is C13H15NO2S. The van der Waals surface area contributed by atoms with E-state index in [1.54, 1.807) is 12.1 Å². The van der Waals surface area contributed by atoms with Crippen molar-refractivity contribution in [2.24, 2.45) is 0 Å². The molecule has 17 heavy (non-hydrogen) atoms. The molecule has 0 unspecified atom stereocenters. The molecule has 1 fully saturated rings. The van der Waals surface area contributed by atoms with Gasteiger partial charge in [-0.05, 0) is 43.0 Å². The summed E-state index contributed by atoms with van der Waals surface area (Å²) in [5, 5.41) is 3.26. The van der Waals surface area contributed by atoms with Crippen LogP contribution >= 0.6 is 0 Å². The van der Waals surface area contributed by atoms with Gasteiger partial charge >= 0.3 is 0 Å². The van der Waals surface area contributed by atoms with Gasteiger partial charge in [-0.2, -0.15) is 0 Å². The molecule has 1 saturated carbocycles. The molecule has 4 heteroatoms. The molecule has 0 atom stereocenters. The van der Waals surface area contributed by atoms with Gasteiger partial charge in [-0.3, -0.25) is 0 Å². The van der Waals surface area contributed by atoms with Gasteiger partial charge in [0.25, 0.3) is 0 Å². The van der Waals surface area contributed by atoms with Crippen LogP contribution < -0.4 is 5.32 Å². The Morgan fingerprint density at radius 2 is 2.12 bits per heavy atom. The lowest BCUT2D eigenvalue weighted by molar-refractivity contribution is 0.600. The number of rotatable bonds is 3. The molecule has 2 aliphatic rings. The lowest BCUT2D eigenvalue weighted by Crippen LogP contribution is -2.21. The second kappa shape index (κ2) is 3.68. The molecule has 1 aromatic carbocycles. The van der Waals surface area contributed by atoms with E-state index in [2.05, 4.69) is 5.32 Å². The number of hydrogen-bond acceptors (Lipinski definition) is 3. The molecule has 1 aromatic rings. The summed E-state index contributed by atoms with van der Waals surface area (Å²) in [4.78, 5) is 0.971. The van der Waals surface area contributed by atoms with Crippen LogP contribution in [0.15, 0.2) is 28.0 Å². The van der Waals surface area contributed by atoms with E-state index in [1.165, 1.54) is 12.8 Å². The Hall–Kier alpha value is -1.13. The molecule has 0 radical (unpaired) electrons. The maximum absolute atomic E-state index is 12.3. The lowest BCUT2D eigenvalue weighted by atomic mass is 10.1. The molecule has 90 valence electrons. The van der Waals surface area contributed by atoms with Crippen LogP contribution in [-0.4, -0.2) is 21.0 Å². The first-order valence-electron chi connectivity index (χ1n) is 5.88. The van der Waals surface area contributed by atoms with Gasteiger partial charge in [-0.25, -0.2) is 8.42 Å². The van der Waals surface area contributed by atoms with Gasteiger partial charge in [0.2, 0.25) is 9.84 Å². The SMILES string of the molecule is Cc1cccc2c1C=C(CNC1CC1)S2(=O)=O. The summed E-state index contributed by atoms with van der Waals surface area (Å²) >= 11 is 0. The molecular weight excluding hydrogens is 234 g/mol. The van der Waals surface area contributed by atoms with E-state index in [4.69, 9.17) is 0 Å². The molecule has 0 spiro atoms. The maximum Gasteiger partial charge on any atom is 0.204 e. The Labute approximate surface area is 101 Å². The molecule has 1 heterocycles. The van der Waals surface area contributed by atoms with Crippen molar-refractivity contribution in [3.8, 4) is 0 Å². The summed E-state index contributed by atoms with van der Waals surface area (Å²) in [7, 11) is -3.24. The smallest absolute Gasteiger partial charge is 0.204 e. The van der Waals surface area contributed by atoms with Crippen LogP contribution in [0.25, 0.3) is 6.08 Å². The molecule has 1 aliphatic heterocycles. The van der Waals surface area contributed by atoms with Crippen LogP contribution in [0, 0.1) is 6.92 Å². The van der Waals surface area contributed by atoms with Gasteiger partial charge < -0.3 is 5.32 Å². The Kier molecular flexibility index (Phi) is 2.38. The number of aryl methyl sites for hydroxylation is 1. The van der Waals surface area contributed by atoms with E-state index in [9.17, 15) is 8.42 Å². The summed E-state index contributed by atoms with van der Waals surface area (Å²) in [5.74, 6) is 0. The van der Waals surface area contributed by atoms with Crippen LogP contribution in [0.4, 0.5) is 0 Å². The van der Waals surface area contributed by atoms with Crippen molar-refractivity contribution in [1.29, 1.82) is 0 Å². The van der Waals surface area contributed by atoms with E-state index >= 15 is 0 Å². The largest absolute Gasteiger partial charge is 0.309 e. The van der Waals surface area contributed by atoms with Gasteiger partial charge in [0.15, 0.2) is 0 Å². The van der Waals surface area contributed by atoms with E-state index < -0.39 is 9.84 Å². The second-order valence-electron chi connectivity index (χ2n) is 4.76. The van der Waals surface area contributed by atoms with Gasteiger partial charge in [-0.15, -0.1) is 0 Å². The van der Waals surface area contributed by atoms with Gasteiger partial charge in [-0.1, -0.05) is 12.1 Å². The molecule has 3 nitrogen and oxygen atoms in total. The summed E-state index contributed by atoms with van der Waals surface area (Å²) in [6.45, 7) is 2.41. The van der Waals surface area contributed by atoms with Crippen molar-refractivity contribution in [2.45, 2.75) is 30.7 Å². The highest BCUT2D eigenvalue weighted by atomic mass is 32.2. The topological polar surface area (TPSA) is 46.2 Å². The Morgan fingerprint density at radius 3 is 2.76 bits per heavy atom. The van der Waals surface area contributed by atoms with E-state index in [1.807, 2.05) is 19.1 Å². The van der Waals surface area contributed by atoms with Crippen LogP contribution in [0.1, 0.15) is 24.0 Å². The third kappa shape index (κ3) is 1.81. The van der Waals surface area contributed by atoms with Gasteiger partial charge in [0, 0.05) is 12.6 Å². The summed E-state index contributed by atoms with van der Waals surface area (Å²) in [5.41, 5.74) is 1.88. The minimum atomic E-state index is -3.24. The standard InChI is InChI=1S/C13H15NO2S/c1-9-3-2-4-13-12(9)7-11(17(13,15)16)8-14-10-5-6-10/h2-4,7,10,14H,5-6,8H2,1H3. The van der Waals surface area contributed by atoms with Crippen molar-refractivity contribution in [3.63, 3.8) is 0 Å². The first kappa shape index (κ1) is 11.0. The third-order valence-electron chi connectivity index (χ3n) is 3.37. The van der Waals surface area contributed by atoms with Crippen molar-refractivity contribution >= 4 is 15.9 Å². The van der Waals surface area contributed by atoms with Crippen molar-refractivity contribution < 1.29 is 8.42 Å². The lowest BCUT2D eigenvalue weighted by Gasteiger charge is -2.05. The molecule has 0 bridgehead atoms. The Morgan fingerprint density at radius 1 is 1.35 bits per heavy atom. The molecule has 0 aromatic heterocycles. The summed E-state index contributed by atoms with van der Waals surface area (Å²) in [6.07, 6.45) is 4.15. The minimum absolute atomic E-state index is 0.459. The summed E-state index contributed by atoms with van der Waals surface area (Å²) < 4.78 is 24.5. The molecule has 1 N–H and O–H groups in total. The van der Waals surface area contributed by atoms with E-state index in [-0.39, 0.29) is 0 Å². The van der Waals surface area contributed by atoms with Crippen molar-refractivity contribution in [1.82, 2.24) is 5.32 Å². The zero-order valence-electron chi connectivity index (χ0n) is 9.73. The van der Waals surface area contributed by atoms with Crippen molar-refractivity contribution in [3.05, 3.63) is 34.2 Å². The fourth-order valence-electron chi connectivity index (χ4n) is 2.13. The fraction of sp³-hybridized carbons (Fsp3) is 0.385. The predicted molar refractivity (Wildman–Crippen MR) is 67.4 cm³/mol. The molecule has 1 aliphatic carbocycles. The third-order valence-corrected chi connectivity index (χ3v) is 5.25. The fourth-order valence-corrected chi connectivity index (χ4v) is 3.73. The first-order valence-corrected chi connectivity index (χ1v) is 7.36. The maximum atomic E-state index is 12.3. The molecule has 0 saturated heterocycles. The number of benzene rings is 1. The number of sulfone groups is 1. The average Bonchev–Trinajstić information content (AvgIpc) is 3.05. The normalized spacial score (nSPS) is 21.1. The monoisotopic (exact) mass is 249 g/mol. The highest BCUT2D eigenvalue weighted by Crippen LogP contribution is 2.34. The van der Waals surface area contributed by atoms with Crippen LogP contribution in [-0.2, 0) is 9.84 Å². The first-order chi connectivity index (χ1) is 8.09. The van der Waals surface area contributed by atoms with Crippen LogP contribution in [0.3, 0.4) is 0 Å². The van der Waals surface area contributed by atoms with Crippen LogP contribution in [0.5, 0.6) is 0 Å². The Bertz CT molecular complexity index is 598. The zero-order chi connectivity index (χ0) is 12.0. The number of hydrogen-bond donors (Lipinski definition) is 1. The highest BCUT2D eigenvalue weighted by molar-refractivity contribution is 7.95. The number of fused-ring (bicyclic) bond motifs is 1. The second-order valence-corrected chi connectivity index (χ2v) is 6.73. The molecule has 0 amide bonds. The average molecular weight is 249 g/mol. The van der Waals surface area contributed by atoms with Crippen molar-refractivity contribution in [2.75, 3.05) is 6.54 Å². The van der Waals surface area contributed by atoms with E-state index in [0.29, 0.717) is 22.4 Å². The van der Waals surface area contributed by atoms with Crippen LogP contribution in [0.2, 0.25) is 0 Å². The molecule has 3 rings (SSSR count). The Balaban J connectivity index is 1.97. The minimum Gasteiger partial charge on any atom is -0.309 e. The van der Waals surface area contributed by atoms with Gasteiger partial charge in [0.05, 0.1) is 9.80 Å².